The van der Waals surface area contributed by atoms with Crippen LogP contribution < -0.4 is 14.4 Å². The van der Waals surface area contributed by atoms with Gasteiger partial charge in [-0.1, -0.05) is 23.2 Å². The van der Waals surface area contributed by atoms with Gasteiger partial charge in [0.2, 0.25) is 0 Å². The third kappa shape index (κ3) is 4.36. The fraction of sp³-hybridized carbons (Fsp3) is 0.333. The van der Waals surface area contributed by atoms with Crippen LogP contribution in [0.15, 0.2) is 35.2 Å². The number of ether oxygens (including phenoxy) is 1. The molecule has 1 aliphatic rings. The Morgan fingerprint density at radius 1 is 1.11 bits per heavy atom. The minimum Gasteiger partial charge on any atom is -0.505 e. The lowest BCUT2D eigenvalue weighted by Gasteiger charge is -2.29. The zero-order valence-corrected chi connectivity index (χ0v) is 17.0. The van der Waals surface area contributed by atoms with Gasteiger partial charge in [-0.3, -0.25) is 4.72 Å². The van der Waals surface area contributed by atoms with Crippen LogP contribution in [0, 0.1) is 0 Å². The van der Waals surface area contributed by atoms with E-state index in [4.69, 9.17) is 27.9 Å². The third-order valence-electron chi connectivity index (χ3n) is 4.43. The van der Waals surface area contributed by atoms with E-state index in [0.29, 0.717) is 5.75 Å². The fourth-order valence-electron chi connectivity index (χ4n) is 3.07. The summed E-state index contributed by atoms with van der Waals surface area (Å²) in [5.74, 6) is -0.188. The van der Waals surface area contributed by atoms with Gasteiger partial charge in [0.25, 0.3) is 10.0 Å². The Morgan fingerprint density at radius 2 is 1.81 bits per heavy atom. The largest absolute Gasteiger partial charge is 0.505 e. The molecule has 27 heavy (non-hydrogen) atoms. The van der Waals surface area contributed by atoms with Crippen molar-refractivity contribution in [3.63, 3.8) is 0 Å². The summed E-state index contributed by atoms with van der Waals surface area (Å²) in [5.41, 5.74) is 1.18. The average Bonchev–Trinajstić information content (AvgIpc) is 2.65. The molecule has 6 nitrogen and oxygen atoms in total. The van der Waals surface area contributed by atoms with Crippen LogP contribution in [0.5, 0.6) is 11.5 Å². The highest BCUT2D eigenvalue weighted by atomic mass is 35.5. The summed E-state index contributed by atoms with van der Waals surface area (Å²) in [6, 6.07) is 7.76. The number of sulfonamides is 1. The van der Waals surface area contributed by atoms with Gasteiger partial charge >= 0.3 is 0 Å². The first kappa shape index (κ1) is 19.9. The highest BCUT2D eigenvalue weighted by molar-refractivity contribution is 7.92. The van der Waals surface area contributed by atoms with Crippen LogP contribution in [0.1, 0.15) is 19.3 Å². The Morgan fingerprint density at radius 3 is 2.48 bits per heavy atom. The molecule has 1 heterocycles. The first-order valence-electron chi connectivity index (χ1n) is 8.45. The van der Waals surface area contributed by atoms with Gasteiger partial charge < -0.3 is 14.7 Å². The maximum Gasteiger partial charge on any atom is 0.265 e. The number of nitrogens with one attached hydrogen (secondary N) is 1. The maximum absolute atomic E-state index is 12.8. The number of nitrogens with zero attached hydrogens (tertiary/aromatic N) is 1. The van der Waals surface area contributed by atoms with Gasteiger partial charge in [0.05, 0.1) is 17.8 Å². The first-order chi connectivity index (χ1) is 12.8. The van der Waals surface area contributed by atoms with E-state index in [1.54, 1.807) is 12.1 Å². The maximum atomic E-state index is 12.8. The number of hydrogen-bond acceptors (Lipinski definition) is 5. The summed E-state index contributed by atoms with van der Waals surface area (Å²) in [4.78, 5) is 1.81. The Kier molecular flexibility index (Phi) is 5.93. The van der Waals surface area contributed by atoms with Crippen LogP contribution >= 0.6 is 23.2 Å². The number of phenols is 1. The molecule has 1 aliphatic heterocycles. The second-order valence-corrected chi connectivity index (χ2v) is 8.77. The zero-order valence-electron chi connectivity index (χ0n) is 14.7. The lowest BCUT2D eigenvalue weighted by molar-refractivity contribution is 0.416. The highest BCUT2D eigenvalue weighted by Crippen LogP contribution is 2.37. The van der Waals surface area contributed by atoms with Crippen LogP contribution in [-0.2, 0) is 10.0 Å². The molecule has 0 amide bonds. The monoisotopic (exact) mass is 430 g/mol. The van der Waals surface area contributed by atoms with Crippen LogP contribution in [-0.4, -0.2) is 33.7 Å². The Bertz CT molecular complexity index is 945. The molecule has 0 aromatic heterocycles. The number of methoxy groups -OCH3 is 1. The van der Waals surface area contributed by atoms with E-state index in [9.17, 15) is 13.5 Å². The van der Waals surface area contributed by atoms with Gasteiger partial charge in [-0.2, -0.15) is 0 Å². The number of rotatable bonds is 5. The lowest BCUT2D eigenvalue weighted by atomic mass is 10.1. The van der Waals surface area contributed by atoms with E-state index in [2.05, 4.69) is 9.62 Å². The molecule has 1 saturated heterocycles. The summed E-state index contributed by atoms with van der Waals surface area (Å²) in [6.07, 6.45) is 3.39. The van der Waals surface area contributed by atoms with Crippen molar-refractivity contribution in [2.45, 2.75) is 24.2 Å². The van der Waals surface area contributed by atoms with E-state index < -0.39 is 20.7 Å². The van der Waals surface area contributed by atoms with E-state index in [1.165, 1.54) is 19.6 Å². The van der Waals surface area contributed by atoms with Crippen molar-refractivity contribution in [3.8, 4) is 11.5 Å². The number of anilines is 2. The Labute approximate surface area is 168 Å². The molecule has 2 aromatic carbocycles. The number of phenolic OH excluding ortho intramolecular Hbond substituents is 1. The minimum atomic E-state index is -4.14. The molecule has 0 aliphatic carbocycles. The van der Waals surface area contributed by atoms with Crippen molar-refractivity contribution >= 4 is 44.6 Å². The molecule has 0 atom stereocenters. The predicted octanol–water partition coefficient (Wildman–Crippen LogP) is 4.50. The van der Waals surface area contributed by atoms with E-state index in [0.717, 1.165) is 37.7 Å². The van der Waals surface area contributed by atoms with Crippen molar-refractivity contribution < 1.29 is 18.3 Å². The fourth-order valence-corrected chi connectivity index (χ4v) is 4.89. The van der Waals surface area contributed by atoms with Gasteiger partial charge in [0.1, 0.15) is 10.6 Å². The topological polar surface area (TPSA) is 78.9 Å². The third-order valence-corrected chi connectivity index (χ3v) is 6.32. The standard InChI is InChI=1S/C18H20Cl2N2O4S/c1-26-16-6-5-13(22-7-3-2-4-8-22)11-15(16)21-27(24,25)17-10-12(19)9-14(20)18(17)23/h5-6,9-11,21,23H,2-4,7-8H2,1H3. The molecule has 0 radical (unpaired) electrons. The molecule has 0 saturated carbocycles. The smallest absolute Gasteiger partial charge is 0.265 e. The van der Waals surface area contributed by atoms with Crippen LogP contribution in [0.2, 0.25) is 10.0 Å². The summed E-state index contributed by atoms with van der Waals surface area (Å²) in [7, 11) is -2.68. The molecular formula is C18H20Cl2N2O4S. The number of halogens is 2. The molecule has 0 unspecified atom stereocenters. The van der Waals surface area contributed by atoms with Gasteiger partial charge in [0, 0.05) is 23.8 Å². The second kappa shape index (κ2) is 8.04. The Balaban J connectivity index is 1.98. The summed E-state index contributed by atoms with van der Waals surface area (Å²) >= 11 is 11.8. The molecule has 1 fully saturated rings. The van der Waals surface area contributed by atoms with Gasteiger partial charge in [-0.15, -0.1) is 0 Å². The second-order valence-electron chi connectivity index (χ2n) is 6.27. The van der Waals surface area contributed by atoms with Crippen molar-refractivity contribution in [3.05, 3.63) is 40.4 Å². The van der Waals surface area contributed by atoms with E-state index in [-0.39, 0.29) is 15.7 Å². The molecule has 3 rings (SSSR count). The first-order valence-corrected chi connectivity index (χ1v) is 10.7. The minimum absolute atomic E-state index is 0.104. The molecule has 2 aromatic rings. The summed E-state index contributed by atoms with van der Waals surface area (Å²) in [5, 5.41) is 10.0. The zero-order chi connectivity index (χ0) is 19.6. The van der Waals surface area contributed by atoms with Gasteiger partial charge in [0.15, 0.2) is 5.75 Å². The molecule has 0 bridgehead atoms. The SMILES string of the molecule is COc1ccc(N2CCCCC2)cc1NS(=O)(=O)c1cc(Cl)cc(Cl)c1O. The number of benzene rings is 2. The quantitative estimate of drug-likeness (QED) is 0.729. The molecule has 146 valence electrons. The van der Waals surface area contributed by atoms with Gasteiger partial charge in [-0.05, 0) is 49.6 Å². The highest BCUT2D eigenvalue weighted by Gasteiger charge is 2.24. The average molecular weight is 431 g/mol. The number of piperidine rings is 1. The van der Waals surface area contributed by atoms with Crippen molar-refractivity contribution in [1.82, 2.24) is 0 Å². The Hall–Kier alpha value is -1.83. The summed E-state index contributed by atoms with van der Waals surface area (Å²) < 4.78 is 33.4. The van der Waals surface area contributed by atoms with Crippen LogP contribution in [0.3, 0.4) is 0 Å². The van der Waals surface area contributed by atoms with E-state index >= 15 is 0 Å². The number of hydrogen-bond donors (Lipinski definition) is 2. The van der Waals surface area contributed by atoms with E-state index in [1.807, 2.05) is 6.07 Å². The van der Waals surface area contributed by atoms with Gasteiger partial charge in [-0.25, -0.2) is 8.42 Å². The van der Waals surface area contributed by atoms with Crippen molar-refractivity contribution in [1.29, 1.82) is 0 Å². The van der Waals surface area contributed by atoms with Crippen LogP contribution in [0.25, 0.3) is 0 Å². The normalized spacial score (nSPS) is 14.9. The molecule has 2 N–H and O–H groups in total. The predicted molar refractivity (Wildman–Crippen MR) is 108 cm³/mol. The van der Waals surface area contributed by atoms with Crippen LogP contribution in [0.4, 0.5) is 11.4 Å². The molecule has 0 spiro atoms. The van der Waals surface area contributed by atoms with Crippen molar-refractivity contribution in [2.24, 2.45) is 0 Å². The molecule has 9 heteroatoms. The summed E-state index contributed by atoms with van der Waals surface area (Å²) in [6.45, 7) is 1.84. The van der Waals surface area contributed by atoms with Crippen molar-refractivity contribution in [2.75, 3.05) is 29.8 Å². The number of aromatic hydroxyl groups is 1. The molecular weight excluding hydrogens is 411 g/mol. The lowest BCUT2D eigenvalue weighted by Crippen LogP contribution is -2.29.